The lowest BCUT2D eigenvalue weighted by Gasteiger charge is -2.11. The molecule has 110 valence electrons. The summed E-state index contributed by atoms with van der Waals surface area (Å²) in [5, 5.41) is 4.93. The van der Waals surface area contributed by atoms with E-state index in [4.69, 9.17) is 5.73 Å². The minimum atomic E-state index is -0.913. The molecule has 0 radical (unpaired) electrons. The van der Waals surface area contributed by atoms with Crippen LogP contribution in [0.25, 0.3) is 0 Å². The average Bonchev–Trinajstić information content (AvgIpc) is 2.43. The molecule has 2 aromatic carbocycles. The first-order valence-corrected chi connectivity index (χ1v) is 6.31. The number of amides is 2. The van der Waals surface area contributed by atoms with E-state index in [1.54, 1.807) is 0 Å². The van der Waals surface area contributed by atoms with Crippen LogP contribution in [0.15, 0.2) is 36.4 Å². The summed E-state index contributed by atoms with van der Waals surface area (Å²) >= 11 is 0. The summed E-state index contributed by atoms with van der Waals surface area (Å²) in [5.74, 6) is -1.72. The number of carbonyl (C=O) groups is 1. The molecule has 4 N–H and O–H groups in total. The molecule has 21 heavy (non-hydrogen) atoms. The van der Waals surface area contributed by atoms with Gasteiger partial charge in [-0.1, -0.05) is 24.3 Å². The number of halogens is 2. The number of nitrogens with two attached hydrogens (primary N) is 1. The minimum Gasteiger partial charge on any atom is -0.395 e. The van der Waals surface area contributed by atoms with Gasteiger partial charge in [0, 0.05) is 12.6 Å². The van der Waals surface area contributed by atoms with Crippen LogP contribution in [-0.4, -0.2) is 6.03 Å². The van der Waals surface area contributed by atoms with Crippen molar-refractivity contribution in [3.05, 3.63) is 59.2 Å². The normalized spacial score (nSPS) is 10.2. The molecule has 0 aliphatic rings. The molecule has 0 saturated heterocycles. The fourth-order valence-electron chi connectivity index (χ4n) is 1.84. The van der Waals surface area contributed by atoms with Crippen molar-refractivity contribution in [3.8, 4) is 0 Å². The third-order valence-corrected chi connectivity index (χ3v) is 3.04. The van der Waals surface area contributed by atoms with Crippen molar-refractivity contribution in [2.24, 2.45) is 0 Å². The highest BCUT2D eigenvalue weighted by Crippen LogP contribution is 2.23. The molecule has 4 nitrogen and oxygen atoms in total. The monoisotopic (exact) mass is 291 g/mol. The number of benzene rings is 2. The van der Waals surface area contributed by atoms with Gasteiger partial charge in [0.2, 0.25) is 0 Å². The highest BCUT2D eigenvalue weighted by atomic mass is 19.1. The van der Waals surface area contributed by atoms with Crippen LogP contribution in [0.2, 0.25) is 0 Å². The predicted octanol–water partition coefficient (Wildman–Crippen LogP) is 3.18. The van der Waals surface area contributed by atoms with Gasteiger partial charge in [-0.3, -0.25) is 0 Å². The van der Waals surface area contributed by atoms with E-state index >= 15 is 0 Å². The first-order valence-electron chi connectivity index (χ1n) is 6.31. The standard InChI is InChI=1S/C15H15F2N3O/c1-9-4-2-3-5-10(9)8-19-15(21)20-13-7-11(16)6-12(17)14(13)18/h2-7H,8,18H2,1H3,(H2,19,20,21). The molecule has 0 aliphatic heterocycles. The number of hydrogen-bond acceptors (Lipinski definition) is 2. The van der Waals surface area contributed by atoms with Crippen LogP contribution in [0.1, 0.15) is 11.1 Å². The second-order valence-corrected chi connectivity index (χ2v) is 4.58. The Morgan fingerprint density at radius 3 is 2.67 bits per heavy atom. The molecular weight excluding hydrogens is 276 g/mol. The topological polar surface area (TPSA) is 67.2 Å². The minimum absolute atomic E-state index is 0.102. The first kappa shape index (κ1) is 14.8. The van der Waals surface area contributed by atoms with E-state index in [9.17, 15) is 13.6 Å². The Labute approximate surface area is 121 Å². The molecule has 2 rings (SSSR count). The number of aryl methyl sites for hydroxylation is 1. The molecule has 2 aromatic rings. The third kappa shape index (κ3) is 3.68. The van der Waals surface area contributed by atoms with Crippen LogP contribution >= 0.6 is 0 Å². The summed E-state index contributed by atoms with van der Waals surface area (Å²) in [6.07, 6.45) is 0. The Morgan fingerprint density at radius 2 is 1.95 bits per heavy atom. The van der Waals surface area contributed by atoms with Crippen molar-refractivity contribution >= 4 is 17.4 Å². The maximum absolute atomic E-state index is 13.3. The van der Waals surface area contributed by atoms with E-state index in [0.717, 1.165) is 17.2 Å². The smallest absolute Gasteiger partial charge is 0.319 e. The van der Waals surface area contributed by atoms with Gasteiger partial charge in [-0.05, 0) is 24.1 Å². The Balaban J connectivity index is 2.01. The zero-order valence-corrected chi connectivity index (χ0v) is 11.4. The summed E-state index contributed by atoms with van der Waals surface area (Å²) in [5.41, 5.74) is 7.03. The molecule has 0 aliphatic carbocycles. The average molecular weight is 291 g/mol. The molecule has 0 bridgehead atoms. The van der Waals surface area contributed by atoms with Gasteiger partial charge in [0.25, 0.3) is 0 Å². The fourth-order valence-corrected chi connectivity index (χ4v) is 1.84. The van der Waals surface area contributed by atoms with Crippen LogP contribution in [0.3, 0.4) is 0 Å². The number of urea groups is 1. The van der Waals surface area contributed by atoms with Crippen molar-refractivity contribution in [2.75, 3.05) is 11.1 Å². The van der Waals surface area contributed by atoms with Gasteiger partial charge in [-0.25, -0.2) is 13.6 Å². The van der Waals surface area contributed by atoms with Crippen molar-refractivity contribution in [1.29, 1.82) is 0 Å². The summed E-state index contributed by atoms with van der Waals surface area (Å²) in [6.45, 7) is 2.23. The zero-order valence-electron chi connectivity index (χ0n) is 11.4. The van der Waals surface area contributed by atoms with Gasteiger partial charge in [0.05, 0.1) is 11.4 Å². The lowest BCUT2D eigenvalue weighted by atomic mass is 10.1. The molecular formula is C15H15F2N3O. The second kappa shape index (κ2) is 6.21. The Hall–Kier alpha value is -2.63. The van der Waals surface area contributed by atoms with E-state index in [0.29, 0.717) is 12.6 Å². The van der Waals surface area contributed by atoms with Crippen molar-refractivity contribution in [3.63, 3.8) is 0 Å². The number of anilines is 2. The summed E-state index contributed by atoms with van der Waals surface area (Å²) in [4.78, 5) is 11.7. The van der Waals surface area contributed by atoms with E-state index < -0.39 is 17.7 Å². The van der Waals surface area contributed by atoms with Crippen LogP contribution in [-0.2, 0) is 6.54 Å². The predicted molar refractivity (Wildman–Crippen MR) is 77.8 cm³/mol. The van der Waals surface area contributed by atoms with Crippen LogP contribution in [0.4, 0.5) is 25.0 Å². The van der Waals surface area contributed by atoms with E-state index in [1.807, 2.05) is 31.2 Å². The van der Waals surface area contributed by atoms with Crippen molar-refractivity contribution in [2.45, 2.75) is 13.5 Å². The zero-order chi connectivity index (χ0) is 15.4. The Bertz CT molecular complexity index is 674. The molecule has 0 atom stereocenters. The van der Waals surface area contributed by atoms with Gasteiger partial charge in [0.1, 0.15) is 5.82 Å². The van der Waals surface area contributed by atoms with Crippen LogP contribution in [0, 0.1) is 18.6 Å². The maximum Gasteiger partial charge on any atom is 0.319 e. The van der Waals surface area contributed by atoms with Gasteiger partial charge in [0.15, 0.2) is 5.82 Å². The highest BCUT2D eigenvalue weighted by molar-refractivity contribution is 5.92. The molecule has 0 saturated carbocycles. The number of rotatable bonds is 3. The van der Waals surface area contributed by atoms with E-state index in [1.165, 1.54) is 0 Å². The fraction of sp³-hybridized carbons (Fsp3) is 0.133. The van der Waals surface area contributed by atoms with Gasteiger partial charge < -0.3 is 16.4 Å². The van der Waals surface area contributed by atoms with Gasteiger partial charge >= 0.3 is 6.03 Å². The van der Waals surface area contributed by atoms with Crippen molar-refractivity contribution in [1.82, 2.24) is 5.32 Å². The second-order valence-electron chi connectivity index (χ2n) is 4.58. The number of hydrogen-bond donors (Lipinski definition) is 3. The summed E-state index contributed by atoms with van der Waals surface area (Å²) in [7, 11) is 0. The third-order valence-electron chi connectivity index (χ3n) is 3.04. The Morgan fingerprint density at radius 1 is 1.24 bits per heavy atom. The molecule has 2 amide bonds. The highest BCUT2D eigenvalue weighted by Gasteiger charge is 2.11. The number of carbonyl (C=O) groups excluding carboxylic acids is 1. The molecule has 0 aromatic heterocycles. The number of nitrogens with one attached hydrogen (secondary N) is 2. The van der Waals surface area contributed by atoms with Crippen LogP contribution < -0.4 is 16.4 Å². The molecule has 0 unspecified atom stereocenters. The first-order chi connectivity index (χ1) is 9.97. The lowest BCUT2D eigenvalue weighted by Crippen LogP contribution is -2.29. The number of nitrogen functional groups attached to an aromatic ring is 1. The molecule has 6 heteroatoms. The van der Waals surface area contributed by atoms with Crippen molar-refractivity contribution < 1.29 is 13.6 Å². The molecule has 0 spiro atoms. The van der Waals surface area contributed by atoms with E-state index in [-0.39, 0.29) is 11.4 Å². The maximum atomic E-state index is 13.3. The largest absolute Gasteiger partial charge is 0.395 e. The van der Waals surface area contributed by atoms with Gasteiger partial charge in [-0.2, -0.15) is 0 Å². The summed E-state index contributed by atoms with van der Waals surface area (Å²) < 4.78 is 26.4. The molecule has 0 heterocycles. The Kier molecular flexibility index (Phi) is 4.37. The van der Waals surface area contributed by atoms with E-state index in [2.05, 4.69) is 10.6 Å². The molecule has 0 fully saturated rings. The van der Waals surface area contributed by atoms with Crippen LogP contribution in [0.5, 0.6) is 0 Å². The SMILES string of the molecule is Cc1ccccc1CNC(=O)Nc1cc(F)cc(F)c1N. The summed E-state index contributed by atoms with van der Waals surface area (Å²) in [6, 6.07) is 8.60. The quantitative estimate of drug-likeness (QED) is 0.760. The lowest BCUT2D eigenvalue weighted by molar-refractivity contribution is 0.251. The van der Waals surface area contributed by atoms with Gasteiger partial charge in [-0.15, -0.1) is 0 Å².